The van der Waals surface area contributed by atoms with E-state index >= 15 is 0 Å². The summed E-state index contributed by atoms with van der Waals surface area (Å²) in [7, 11) is -3.57. The van der Waals surface area contributed by atoms with Gasteiger partial charge >= 0.3 is 5.97 Å². The van der Waals surface area contributed by atoms with Crippen LogP contribution in [0.1, 0.15) is 71.1 Å². The van der Waals surface area contributed by atoms with Crippen molar-refractivity contribution < 1.29 is 27.3 Å². The number of benzene rings is 1. The molecule has 0 aliphatic heterocycles. The standard InChI is InChI=1S/C18H30O3S.C2H2O3/c1-2-3-4-5-6-7-8-9-10-14-17-21-22(19,20)18-15-12-11-13-16-18;3-1-2(4)5/h11-13,15-16H,2-10,14,17H2,1H3;1H,(H,4,5). The molecule has 0 aromatic heterocycles. The van der Waals surface area contributed by atoms with Crippen molar-refractivity contribution in [2.24, 2.45) is 0 Å². The Morgan fingerprint density at radius 1 is 0.926 bits per heavy atom. The fourth-order valence-corrected chi connectivity index (χ4v) is 3.38. The number of carbonyl (C=O) groups is 2. The Bertz CT molecular complexity index is 598. The van der Waals surface area contributed by atoms with Crippen LogP contribution >= 0.6 is 0 Å². The van der Waals surface area contributed by atoms with Crippen molar-refractivity contribution in [1.82, 2.24) is 0 Å². The molecular formula is C20H32O6S. The summed E-state index contributed by atoms with van der Waals surface area (Å²) in [6.45, 7) is 2.52. The predicted molar refractivity (Wildman–Crippen MR) is 105 cm³/mol. The molecule has 1 aromatic rings. The van der Waals surface area contributed by atoms with E-state index < -0.39 is 16.1 Å². The van der Waals surface area contributed by atoms with Gasteiger partial charge < -0.3 is 5.11 Å². The highest BCUT2D eigenvalue weighted by Crippen LogP contribution is 2.13. The molecule has 0 unspecified atom stereocenters. The van der Waals surface area contributed by atoms with Crippen LogP contribution in [0.15, 0.2) is 35.2 Å². The van der Waals surface area contributed by atoms with Crippen LogP contribution in [0.25, 0.3) is 0 Å². The van der Waals surface area contributed by atoms with E-state index in [2.05, 4.69) is 6.92 Å². The van der Waals surface area contributed by atoms with Crippen molar-refractivity contribution >= 4 is 22.4 Å². The maximum absolute atomic E-state index is 11.9. The van der Waals surface area contributed by atoms with Crippen LogP contribution < -0.4 is 0 Å². The molecule has 0 spiro atoms. The minimum Gasteiger partial charge on any atom is -0.476 e. The first kappa shape index (κ1) is 25.3. The SMILES string of the molecule is CCCCCCCCCCCCOS(=O)(=O)c1ccccc1.O=CC(=O)O. The quantitative estimate of drug-likeness (QED) is 0.212. The van der Waals surface area contributed by atoms with Crippen molar-refractivity contribution in [2.75, 3.05) is 6.61 Å². The molecule has 154 valence electrons. The molecule has 0 atom stereocenters. The minimum absolute atomic E-state index is 0.167. The predicted octanol–water partition coefficient (Wildman–Crippen LogP) is 4.58. The zero-order valence-corrected chi connectivity index (χ0v) is 17.0. The first-order valence-corrected chi connectivity index (χ1v) is 11.0. The Balaban J connectivity index is 0.00000119. The topological polar surface area (TPSA) is 97.7 Å². The Morgan fingerprint density at radius 3 is 1.81 bits per heavy atom. The summed E-state index contributed by atoms with van der Waals surface area (Å²) in [5.41, 5.74) is 0. The van der Waals surface area contributed by atoms with E-state index in [4.69, 9.17) is 18.9 Å². The third kappa shape index (κ3) is 15.1. The van der Waals surface area contributed by atoms with E-state index in [9.17, 15) is 8.42 Å². The van der Waals surface area contributed by atoms with E-state index in [0.29, 0.717) is 0 Å². The molecular weight excluding hydrogens is 368 g/mol. The zero-order valence-electron chi connectivity index (χ0n) is 16.1. The van der Waals surface area contributed by atoms with Crippen LogP contribution in [-0.4, -0.2) is 32.4 Å². The molecule has 0 saturated heterocycles. The van der Waals surface area contributed by atoms with Crippen LogP contribution in [0.4, 0.5) is 0 Å². The van der Waals surface area contributed by atoms with E-state index in [0.717, 1.165) is 12.8 Å². The number of carbonyl (C=O) groups excluding carboxylic acids is 1. The van der Waals surface area contributed by atoms with Crippen molar-refractivity contribution in [1.29, 1.82) is 0 Å². The summed E-state index contributed by atoms with van der Waals surface area (Å²) in [4.78, 5) is 18.1. The summed E-state index contributed by atoms with van der Waals surface area (Å²) in [5.74, 6) is -1.43. The first-order valence-electron chi connectivity index (χ1n) is 9.56. The molecule has 0 aliphatic carbocycles. The summed E-state index contributed by atoms with van der Waals surface area (Å²) in [6, 6.07) is 8.33. The van der Waals surface area contributed by atoms with Crippen molar-refractivity contribution in [3.63, 3.8) is 0 Å². The third-order valence-electron chi connectivity index (χ3n) is 3.87. The van der Waals surface area contributed by atoms with Gasteiger partial charge in [-0.1, -0.05) is 82.9 Å². The molecule has 0 amide bonds. The van der Waals surface area contributed by atoms with Crippen LogP contribution in [0.3, 0.4) is 0 Å². The number of aliphatic carboxylic acids is 1. The molecule has 0 radical (unpaired) electrons. The van der Waals surface area contributed by atoms with Gasteiger partial charge in [0.25, 0.3) is 10.1 Å². The summed E-state index contributed by atoms with van der Waals surface area (Å²) >= 11 is 0. The lowest BCUT2D eigenvalue weighted by molar-refractivity contribution is -0.143. The molecule has 1 N–H and O–H groups in total. The second-order valence-corrected chi connectivity index (χ2v) is 7.84. The largest absolute Gasteiger partial charge is 0.476 e. The smallest absolute Gasteiger partial charge is 0.368 e. The Kier molecular flexibility index (Phi) is 15.4. The molecule has 1 rings (SSSR count). The first-order chi connectivity index (χ1) is 12.9. The summed E-state index contributed by atoms with van der Waals surface area (Å²) < 4.78 is 28.8. The van der Waals surface area contributed by atoms with Crippen LogP contribution in [0.2, 0.25) is 0 Å². The molecule has 27 heavy (non-hydrogen) atoms. The van der Waals surface area contributed by atoms with Gasteiger partial charge in [-0.3, -0.25) is 8.98 Å². The molecule has 0 heterocycles. The fraction of sp³-hybridized carbons (Fsp3) is 0.600. The van der Waals surface area contributed by atoms with Crippen LogP contribution in [-0.2, 0) is 23.9 Å². The number of rotatable bonds is 14. The van der Waals surface area contributed by atoms with Crippen LogP contribution in [0.5, 0.6) is 0 Å². The average Bonchev–Trinajstić information content (AvgIpc) is 2.67. The molecule has 0 bridgehead atoms. The Hall–Kier alpha value is -1.73. The third-order valence-corrected chi connectivity index (χ3v) is 5.20. The molecule has 1 aromatic carbocycles. The molecule has 0 fully saturated rings. The van der Waals surface area contributed by atoms with Gasteiger partial charge in [-0.05, 0) is 18.6 Å². The van der Waals surface area contributed by atoms with E-state index in [-0.39, 0.29) is 17.8 Å². The Morgan fingerprint density at radius 2 is 1.37 bits per heavy atom. The lowest BCUT2D eigenvalue weighted by Gasteiger charge is -2.05. The van der Waals surface area contributed by atoms with Crippen molar-refractivity contribution in [3.8, 4) is 0 Å². The fourth-order valence-electron chi connectivity index (χ4n) is 2.41. The van der Waals surface area contributed by atoms with Gasteiger partial charge in [0, 0.05) is 0 Å². The highest BCUT2D eigenvalue weighted by atomic mass is 32.2. The van der Waals surface area contributed by atoms with Gasteiger partial charge in [0.05, 0.1) is 11.5 Å². The van der Waals surface area contributed by atoms with Crippen LogP contribution in [0, 0.1) is 0 Å². The van der Waals surface area contributed by atoms with E-state index in [1.807, 2.05) is 0 Å². The van der Waals surface area contributed by atoms with Gasteiger partial charge in [-0.25, -0.2) is 4.79 Å². The van der Waals surface area contributed by atoms with Crippen molar-refractivity contribution in [3.05, 3.63) is 30.3 Å². The summed E-state index contributed by atoms with van der Waals surface area (Å²) in [6.07, 6.45) is 12.1. The molecule has 7 heteroatoms. The number of carboxylic acid groups (broad SMARTS) is 1. The molecule has 0 aliphatic rings. The lowest BCUT2D eigenvalue weighted by atomic mass is 10.1. The highest BCUT2D eigenvalue weighted by molar-refractivity contribution is 7.86. The summed E-state index contributed by atoms with van der Waals surface area (Å²) in [5, 5.41) is 7.35. The minimum atomic E-state index is -3.57. The monoisotopic (exact) mass is 400 g/mol. The second-order valence-electron chi connectivity index (χ2n) is 6.23. The Labute approximate surface area is 163 Å². The average molecular weight is 401 g/mol. The number of hydrogen-bond donors (Lipinski definition) is 1. The lowest BCUT2D eigenvalue weighted by Crippen LogP contribution is -2.07. The number of carboxylic acids is 1. The zero-order chi connectivity index (χ0) is 20.4. The second kappa shape index (κ2) is 16.4. The van der Waals surface area contributed by atoms with Gasteiger partial charge in [-0.2, -0.15) is 8.42 Å². The van der Waals surface area contributed by atoms with Gasteiger partial charge in [0.1, 0.15) is 0 Å². The highest BCUT2D eigenvalue weighted by Gasteiger charge is 2.13. The van der Waals surface area contributed by atoms with Gasteiger partial charge in [0.15, 0.2) is 0 Å². The number of hydrogen-bond acceptors (Lipinski definition) is 5. The van der Waals surface area contributed by atoms with Crippen molar-refractivity contribution in [2.45, 2.75) is 76.0 Å². The van der Waals surface area contributed by atoms with Gasteiger partial charge in [-0.15, -0.1) is 0 Å². The van der Waals surface area contributed by atoms with E-state index in [1.54, 1.807) is 30.3 Å². The molecule has 0 saturated carbocycles. The number of aldehydes is 1. The number of unbranched alkanes of at least 4 members (excludes halogenated alkanes) is 9. The maximum Gasteiger partial charge on any atom is 0.368 e. The van der Waals surface area contributed by atoms with E-state index in [1.165, 1.54) is 51.4 Å². The molecule has 6 nitrogen and oxygen atoms in total. The van der Waals surface area contributed by atoms with Gasteiger partial charge in [0.2, 0.25) is 6.29 Å². The normalized spacial score (nSPS) is 10.7. The maximum atomic E-state index is 11.9.